The van der Waals surface area contributed by atoms with Gasteiger partial charge in [-0.15, -0.1) is 0 Å². The predicted molar refractivity (Wildman–Crippen MR) is 82.2 cm³/mol. The summed E-state index contributed by atoms with van der Waals surface area (Å²) in [4.78, 5) is 12.2. The van der Waals surface area contributed by atoms with Gasteiger partial charge in [0.1, 0.15) is 0 Å². The summed E-state index contributed by atoms with van der Waals surface area (Å²) in [5.41, 5.74) is 1.40. The van der Waals surface area contributed by atoms with Crippen LogP contribution >= 0.6 is 11.3 Å². The highest BCUT2D eigenvalue weighted by Crippen LogP contribution is 2.60. The van der Waals surface area contributed by atoms with Gasteiger partial charge in [-0.1, -0.05) is 12.8 Å². The molecule has 2 aliphatic carbocycles. The lowest BCUT2D eigenvalue weighted by Gasteiger charge is -2.56. The van der Waals surface area contributed by atoms with Gasteiger partial charge in [-0.05, 0) is 41.7 Å². The summed E-state index contributed by atoms with van der Waals surface area (Å²) in [6.07, 6.45) is 6.49. The zero-order valence-corrected chi connectivity index (χ0v) is 13.0. The number of fused-ring (bicyclic) bond motifs is 2. The van der Waals surface area contributed by atoms with E-state index >= 15 is 0 Å². The molecule has 2 N–H and O–H groups in total. The Morgan fingerprint density at radius 2 is 2.29 bits per heavy atom. The van der Waals surface area contributed by atoms with E-state index < -0.39 is 0 Å². The van der Waals surface area contributed by atoms with E-state index in [9.17, 15) is 4.79 Å². The maximum Gasteiger partial charge on any atom is 0.315 e. The third-order valence-corrected chi connectivity index (χ3v) is 6.34. The molecule has 0 bridgehead atoms. The number of nitrogens with one attached hydrogen (secondary N) is 2. The molecule has 2 heterocycles. The molecule has 0 aromatic carbocycles. The van der Waals surface area contributed by atoms with E-state index in [4.69, 9.17) is 4.74 Å². The van der Waals surface area contributed by atoms with Gasteiger partial charge in [0.05, 0.1) is 6.10 Å². The predicted octanol–water partition coefficient (Wildman–Crippen LogP) is 2.90. The Labute approximate surface area is 129 Å². The zero-order valence-electron chi connectivity index (χ0n) is 12.1. The van der Waals surface area contributed by atoms with Crippen LogP contribution in [-0.2, 0) is 11.3 Å². The number of carbonyl (C=O) groups excluding carboxylic acids is 1. The molecular weight excluding hydrogens is 284 g/mol. The van der Waals surface area contributed by atoms with E-state index in [2.05, 4.69) is 16.0 Å². The van der Waals surface area contributed by atoms with E-state index in [-0.39, 0.29) is 11.4 Å². The standard InChI is InChI=1S/C16H22N2O2S/c19-15(17-9-11-4-8-21-10-11)18-13-12-3-7-20-14(12)16(13)5-1-2-6-16/h4,8,10,12-14H,1-3,5-7,9H2,(H2,17,18,19)/t12-,13-,14-/m0/s1. The molecule has 1 aromatic heterocycles. The molecule has 1 aliphatic heterocycles. The van der Waals surface area contributed by atoms with Crippen molar-refractivity contribution < 1.29 is 9.53 Å². The van der Waals surface area contributed by atoms with Crippen molar-refractivity contribution in [3.8, 4) is 0 Å². The van der Waals surface area contributed by atoms with Crippen molar-refractivity contribution in [3.05, 3.63) is 22.4 Å². The Morgan fingerprint density at radius 1 is 1.43 bits per heavy atom. The number of hydrogen-bond donors (Lipinski definition) is 2. The van der Waals surface area contributed by atoms with Gasteiger partial charge in [0.25, 0.3) is 0 Å². The van der Waals surface area contributed by atoms with Gasteiger partial charge < -0.3 is 15.4 Å². The van der Waals surface area contributed by atoms with E-state index in [0.29, 0.717) is 24.6 Å². The van der Waals surface area contributed by atoms with Gasteiger partial charge in [0.15, 0.2) is 0 Å². The van der Waals surface area contributed by atoms with Crippen molar-refractivity contribution in [3.63, 3.8) is 0 Å². The Kier molecular flexibility index (Phi) is 3.42. The van der Waals surface area contributed by atoms with Crippen molar-refractivity contribution >= 4 is 17.4 Å². The molecule has 0 radical (unpaired) electrons. The molecule has 1 spiro atoms. The van der Waals surface area contributed by atoms with Crippen molar-refractivity contribution in [2.24, 2.45) is 11.3 Å². The maximum atomic E-state index is 12.2. The van der Waals surface area contributed by atoms with Crippen LogP contribution in [0.3, 0.4) is 0 Å². The van der Waals surface area contributed by atoms with Crippen LogP contribution in [0.5, 0.6) is 0 Å². The first kappa shape index (κ1) is 13.6. The van der Waals surface area contributed by atoms with Gasteiger partial charge in [0.2, 0.25) is 0 Å². The molecule has 21 heavy (non-hydrogen) atoms. The van der Waals surface area contributed by atoms with Gasteiger partial charge in [-0.2, -0.15) is 11.3 Å². The Bertz CT molecular complexity index is 510. The summed E-state index contributed by atoms with van der Waals surface area (Å²) in [5, 5.41) is 10.4. The highest BCUT2D eigenvalue weighted by atomic mass is 32.1. The third-order valence-electron chi connectivity index (χ3n) is 5.61. The van der Waals surface area contributed by atoms with Gasteiger partial charge in [-0.25, -0.2) is 4.79 Å². The molecule has 3 aliphatic rings. The zero-order chi connectivity index (χ0) is 14.3. The first-order valence-corrected chi connectivity index (χ1v) is 8.91. The fraction of sp³-hybridized carbons (Fsp3) is 0.688. The number of amides is 2. The summed E-state index contributed by atoms with van der Waals surface area (Å²) >= 11 is 1.66. The molecular formula is C16H22N2O2S. The van der Waals surface area contributed by atoms with Crippen molar-refractivity contribution in [2.45, 2.75) is 50.8 Å². The number of ether oxygens (including phenoxy) is 1. The number of carbonyl (C=O) groups is 1. The van der Waals surface area contributed by atoms with Crippen LogP contribution in [0.25, 0.3) is 0 Å². The van der Waals surface area contributed by atoms with Crippen molar-refractivity contribution in [2.75, 3.05) is 6.61 Å². The molecule has 3 fully saturated rings. The lowest BCUT2D eigenvalue weighted by molar-refractivity contribution is -0.126. The molecule has 0 unspecified atom stereocenters. The van der Waals surface area contributed by atoms with E-state index in [1.54, 1.807) is 11.3 Å². The SMILES string of the molecule is O=C(NCc1ccsc1)N[C@H]1[C@@H]2CCO[C@@H]2C12CCCC2. The second-order valence-electron chi connectivity index (χ2n) is 6.62. The average molecular weight is 306 g/mol. The van der Waals surface area contributed by atoms with Crippen molar-refractivity contribution in [1.29, 1.82) is 0 Å². The summed E-state index contributed by atoms with van der Waals surface area (Å²) in [6.45, 7) is 1.48. The van der Waals surface area contributed by atoms with Gasteiger partial charge in [-0.3, -0.25) is 0 Å². The highest BCUT2D eigenvalue weighted by Gasteiger charge is 2.65. The number of thiophene rings is 1. The fourth-order valence-corrected chi connectivity index (χ4v) is 5.34. The highest BCUT2D eigenvalue weighted by molar-refractivity contribution is 7.07. The number of urea groups is 1. The molecule has 3 atom stereocenters. The Morgan fingerprint density at radius 3 is 3.05 bits per heavy atom. The average Bonchev–Trinajstić information content (AvgIpc) is 3.22. The minimum atomic E-state index is -0.0252. The van der Waals surface area contributed by atoms with E-state index in [0.717, 1.165) is 13.0 Å². The molecule has 2 saturated carbocycles. The van der Waals surface area contributed by atoms with Crippen LogP contribution in [0.15, 0.2) is 16.8 Å². The summed E-state index contributed by atoms with van der Waals surface area (Å²) in [6, 6.07) is 2.34. The summed E-state index contributed by atoms with van der Waals surface area (Å²) in [7, 11) is 0. The van der Waals surface area contributed by atoms with Crippen LogP contribution in [0.2, 0.25) is 0 Å². The molecule has 4 rings (SSSR count). The monoisotopic (exact) mass is 306 g/mol. The molecule has 4 nitrogen and oxygen atoms in total. The van der Waals surface area contributed by atoms with Crippen LogP contribution in [0.1, 0.15) is 37.7 Å². The molecule has 1 aromatic rings. The summed E-state index contributed by atoms with van der Waals surface area (Å²) < 4.78 is 5.95. The van der Waals surface area contributed by atoms with Crippen LogP contribution in [-0.4, -0.2) is 24.8 Å². The normalized spacial score (nSPS) is 32.7. The van der Waals surface area contributed by atoms with E-state index in [1.807, 2.05) is 11.4 Å². The van der Waals surface area contributed by atoms with Crippen LogP contribution in [0, 0.1) is 11.3 Å². The number of hydrogen-bond acceptors (Lipinski definition) is 3. The largest absolute Gasteiger partial charge is 0.377 e. The third kappa shape index (κ3) is 2.18. The first-order chi connectivity index (χ1) is 10.3. The topological polar surface area (TPSA) is 50.4 Å². The molecule has 114 valence electrons. The van der Waals surface area contributed by atoms with Crippen molar-refractivity contribution in [1.82, 2.24) is 10.6 Å². The Balaban J connectivity index is 1.38. The molecule has 2 amide bonds. The quantitative estimate of drug-likeness (QED) is 0.902. The maximum absolute atomic E-state index is 12.2. The second-order valence-corrected chi connectivity index (χ2v) is 7.40. The van der Waals surface area contributed by atoms with Crippen LogP contribution in [0.4, 0.5) is 4.79 Å². The second kappa shape index (κ2) is 5.29. The summed E-state index contributed by atoms with van der Waals surface area (Å²) in [5.74, 6) is 0.537. The lowest BCUT2D eigenvalue weighted by atomic mass is 9.54. The molecule has 1 saturated heterocycles. The minimum absolute atomic E-state index is 0.0252. The molecule has 5 heteroatoms. The Hall–Kier alpha value is -1.07. The lowest BCUT2D eigenvalue weighted by Crippen LogP contribution is -2.69. The van der Waals surface area contributed by atoms with E-state index in [1.165, 1.54) is 31.2 Å². The first-order valence-electron chi connectivity index (χ1n) is 7.97. The van der Waals surface area contributed by atoms with Gasteiger partial charge >= 0.3 is 6.03 Å². The van der Waals surface area contributed by atoms with Crippen LogP contribution < -0.4 is 10.6 Å². The van der Waals surface area contributed by atoms with Gasteiger partial charge in [0, 0.05) is 30.5 Å². The fourth-order valence-electron chi connectivity index (χ4n) is 4.67. The smallest absolute Gasteiger partial charge is 0.315 e. The number of rotatable bonds is 3. The minimum Gasteiger partial charge on any atom is -0.377 e.